The number of rotatable bonds is 23. The molecule has 0 saturated carbocycles. The fraction of sp³-hybridized carbons (Fsp3) is 0.900. The number of esters is 2. The van der Waals surface area contributed by atoms with Gasteiger partial charge in [0.05, 0.1) is 85.7 Å². The molecule has 0 aliphatic carbocycles. The summed E-state index contributed by atoms with van der Waals surface area (Å²) in [5, 5.41) is -0.756. The molecule has 1 aliphatic rings. The van der Waals surface area contributed by atoms with Gasteiger partial charge in [0, 0.05) is 32.4 Å². The second-order valence-corrected chi connectivity index (χ2v) is 11.2. The van der Waals surface area contributed by atoms with Crippen molar-refractivity contribution in [1.29, 1.82) is 0 Å². The van der Waals surface area contributed by atoms with Crippen molar-refractivity contribution in [2.45, 2.75) is 63.5 Å². The number of unbranched alkanes of at least 4 members (excludes halogenated alkanes) is 5. The summed E-state index contributed by atoms with van der Waals surface area (Å²) in [7, 11) is 1.61. The molecule has 0 aromatic rings. The molecule has 1 amide bonds. The van der Waals surface area contributed by atoms with Crippen molar-refractivity contribution in [3.8, 4) is 0 Å². The summed E-state index contributed by atoms with van der Waals surface area (Å²) in [4.78, 5) is 40.1. The van der Waals surface area contributed by atoms with E-state index in [9.17, 15) is 14.4 Å². The monoisotopic (exact) mass is 637 g/mol. The number of amides is 1. The van der Waals surface area contributed by atoms with Crippen LogP contribution in [0.1, 0.15) is 58.3 Å². The quantitative estimate of drug-likeness (QED) is 0.121. The molecular weight excluding hydrogens is 582 g/mol. The molecule has 1 atom stereocenters. The lowest BCUT2D eigenvalue weighted by molar-refractivity contribution is -0.150. The van der Waals surface area contributed by atoms with Gasteiger partial charge in [0.25, 0.3) is 0 Å². The third-order valence-corrected chi connectivity index (χ3v) is 7.60. The Balaban J connectivity index is 2.49. The van der Waals surface area contributed by atoms with E-state index in [0.29, 0.717) is 91.5 Å². The maximum absolute atomic E-state index is 12.9. The largest absolute Gasteiger partial charge is 0.465 e. The first-order valence-electron chi connectivity index (χ1n) is 15.7. The highest BCUT2D eigenvalue weighted by Gasteiger charge is 2.26. The molecule has 12 nitrogen and oxygen atoms in total. The van der Waals surface area contributed by atoms with E-state index in [1.165, 1.54) is 31.0 Å². The van der Waals surface area contributed by atoms with Crippen molar-refractivity contribution in [2.24, 2.45) is 0 Å². The minimum atomic E-state index is -0.756. The Morgan fingerprint density at radius 3 is 1.95 bits per heavy atom. The second-order valence-electron chi connectivity index (χ2n) is 9.90. The molecule has 0 radical (unpaired) electrons. The van der Waals surface area contributed by atoms with Gasteiger partial charge in [-0.1, -0.05) is 39.0 Å². The van der Waals surface area contributed by atoms with Gasteiger partial charge < -0.3 is 42.8 Å². The van der Waals surface area contributed by atoms with Crippen LogP contribution in [0.15, 0.2) is 0 Å². The van der Waals surface area contributed by atoms with Crippen LogP contribution in [0.2, 0.25) is 0 Å². The Morgan fingerprint density at radius 2 is 1.30 bits per heavy atom. The summed E-state index contributed by atoms with van der Waals surface area (Å²) in [6, 6.07) is 0. The number of hydrogen-bond donors (Lipinski definition) is 0. The molecule has 1 fully saturated rings. The van der Waals surface area contributed by atoms with Gasteiger partial charge in [-0.2, -0.15) is 0 Å². The number of hydrogen-bond acceptors (Lipinski definition) is 12. The van der Waals surface area contributed by atoms with E-state index in [4.69, 9.17) is 37.9 Å². The van der Waals surface area contributed by atoms with Crippen LogP contribution in [0.4, 0.5) is 0 Å². The van der Waals surface area contributed by atoms with Gasteiger partial charge in [-0.25, -0.2) is 0 Å². The smallest absolute Gasteiger partial charge is 0.319 e. The zero-order valence-electron chi connectivity index (χ0n) is 26.4. The Labute approximate surface area is 262 Å². The van der Waals surface area contributed by atoms with Crippen molar-refractivity contribution in [1.82, 2.24) is 4.90 Å². The molecular formula is C30H55NO11S. The van der Waals surface area contributed by atoms with Gasteiger partial charge in [0.2, 0.25) is 5.91 Å². The second kappa shape index (κ2) is 29.2. The lowest BCUT2D eigenvalue weighted by atomic mass is 10.1. The molecule has 1 aliphatic heterocycles. The zero-order chi connectivity index (χ0) is 31.2. The predicted octanol–water partition coefficient (Wildman–Crippen LogP) is 2.89. The first-order valence-corrected chi connectivity index (χ1v) is 16.7. The predicted molar refractivity (Wildman–Crippen MR) is 163 cm³/mol. The van der Waals surface area contributed by atoms with Crippen molar-refractivity contribution in [2.75, 3.05) is 112 Å². The highest BCUT2D eigenvalue weighted by molar-refractivity contribution is 8.00. The van der Waals surface area contributed by atoms with Crippen LogP contribution in [-0.4, -0.2) is 140 Å². The van der Waals surface area contributed by atoms with Crippen LogP contribution in [0, 0.1) is 0 Å². The molecule has 1 heterocycles. The minimum absolute atomic E-state index is 0.0573. The average Bonchev–Trinajstić information content (AvgIpc) is 2.99. The number of ether oxygens (including phenoxy) is 8. The molecule has 0 N–H and O–H groups in total. The third-order valence-electron chi connectivity index (χ3n) is 6.39. The van der Waals surface area contributed by atoms with Crippen LogP contribution in [0.3, 0.4) is 0 Å². The molecule has 1 unspecified atom stereocenters. The molecule has 13 heteroatoms. The van der Waals surface area contributed by atoms with Gasteiger partial charge in [-0.15, -0.1) is 11.8 Å². The number of carbonyl (C=O) groups is 3. The minimum Gasteiger partial charge on any atom is -0.465 e. The first kappa shape index (κ1) is 39.5. The molecule has 0 spiro atoms. The van der Waals surface area contributed by atoms with Crippen LogP contribution in [-0.2, 0) is 52.3 Å². The highest BCUT2D eigenvalue weighted by atomic mass is 32.2. The number of thioether (sulfide) groups is 1. The lowest BCUT2D eigenvalue weighted by Crippen LogP contribution is -2.37. The average molecular weight is 638 g/mol. The van der Waals surface area contributed by atoms with Crippen molar-refractivity contribution < 1.29 is 52.3 Å². The summed E-state index contributed by atoms with van der Waals surface area (Å²) >= 11 is 1.24. The van der Waals surface area contributed by atoms with E-state index in [0.717, 1.165) is 19.3 Å². The molecule has 0 aromatic heterocycles. The maximum atomic E-state index is 12.9. The summed E-state index contributed by atoms with van der Waals surface area (Å²) in [5.41, 5.74) is 0. The topological polar surface area (TPSA) is 128 Å². The van der Waals surface area contributed by atoms with Gasteiger partial charge in [0.15, 0.2) is 0 Å². The highest BCUT2D eigenvalue weighted by Crippen LogP contribution is 2.19. The normalized spacial score (nSPS) is 15.7. The molecule has 0 aromatic carbocycles. The Hall–Kier alpha value is -1.48. The number of methoxy groups -OCH3 is 1. The standard InChI is InChI=1S/C30H55NO11S/c1-3-4-5-6-7-8-12-42-30(34)27(26-29(33)41-24-23-40-22-21-38-16-15-35-2)43-25-9-28(32)31-10-13-36-17-19-39-20-18-37-14-11-31/h27H,3-26H2,1-2H3. The van der Waals surface area contributed by atoms with Gasteiger partial charge in [0.1, 0.15) is 11.9 Å². The van der Waals surface area contributed by atoms with E-state index in [1.807, 2.05) is 0 Å². The van der Waals surface area contributed by atoms with E-state index in [1.54, 1.807) is 12.0 Å². The van der Waals surface area contributed by atoms with Gasteiger partial charge in [-0.05, 0) is 6.42 Å². The van der Waals surface area contributed by atoms with Crippen LogP contribution in [0.25, 0.3) is 0 Å². The van der Waals surface area contributed by atoms with E-state index in [-0.39, 0.29) is 32.0 Å². The molecule has 252 valence electrons. The lowest BCUT2D eigenvalue weighted by Gasteiger charge is -2.23. The van der Waals surface area contributed by atoms with Crippen molar-refractivity contribution >= 4 is 29.6 Å². The number of carbonyl (C=O) groups excluding carboxylic acids is 3. The summed E-state index contributed by atoms with van der Waals surface area (Å²) < 4.78 is 42.9. The zero-order valence-corrected chi connectivity index (χ0v) is 27.2. The molecule has 43 heavy (non-hydrogen) atoms. The SMILES string of the molecule is CCCCCCCCOC(=O)C(CC(=O)OCCOCCOCCOC)SCCC(=O)N1CCOCCOCCOCC1. The molecule has 1 rings (SSSR count). The van der Waals surface area contributed by atoms with Crippen LogP contribution < -0.4 is 0 Å². The van der Waals surface area contributed by atoms with E-state index < -0.39 is 17.2 Å². The van der Waals surface area contributed by atoms with Crippen LogP contribution >= 0.6 is 11.8 Å². The molecule has 0 bridgehead atoms. The van der Waals surface area contributed by atoms with E-state index >= 15 is 0 Å². The summed E-state index contributed by atoms with van der Waals surface area (Å²) in [6.07, 6.45) is 6.53. The van der Waals surface area contributed by atoms with Crippen molar-refractivity contribution in [3.05, 3.63) is 0 Å². The Morgan fingerprint density at radius 1 is 0.721 bits per heavy atom. The number of nitrogens with zero attached hydrogens (tertiary/aromatic N) is 1. The third kappa shape index (κ3) is 23.6. The van der Waals surface area contributed by atoms with Crippen molar-refractivity contribution in [3.63, 3.8) is 0 Å². The fourth-order valence-corrected chi connectivity index (χ4v) is 4.98. The Bertz CT molecular complexity index is 689. The van der Waals surface area contributed by atoms with Gasteiger partial charge in [-0.3, -0.25) is 14.4 Å². The summed E-state index contributed by atoms with van der Waals surface area (Å²) in [6.45, 7) is 8.22. The molecule has 1 saturated heterocycles. The first-order chi connectivity index (χ1) is 21.1. The Kier molecular flexibility index (Phi) is 26.9. The summed E-state index contributed by atoms with van der Waals surface area (Å²) in [5.74, 6) is -0.663. The van der Waals surface area contributed by atoms with E-state index in [2.05, 4.69) is 6.92 Å². The fourth-order valence-electron chi connectivity index (χ4n) is 3.95. The van der Waals surface area contributed by atoms with Crippen LogP contribution in [0.5, 0.6) is 0 Å². The maximum Gasteiger partial charge on any atom is 0.319 e. The van der Waals surface area contributed by atoms with Gasteiger partial charge >= 0.3 is 11.9 Å².